The molecule has 2 fully saturated rings. The first kappa shape index (κ1) is 12.1. The quantitative estimate of drug-likeness (QED) is 0.882. The largest absolute Gasteiger partial charge is 0.375 e. The minimum absolute atomic E-state index is 0.195. The van der Waals surface area contributed by atoms with Gasteiger partial charge in [-0.15, -0.1) is 0 Å². The molecule has 5 heteroatoms. The molecule has 1 aromatic heterocycles. The van der Waals surface area contributed by atoms with Gasteiger partial charge in [0.1, 0.15) is 0 Å². The lowest BCUT2D eigenvalue weighted by atomic mass is 9.89. The summed E-state index contributed by atoms with van der Waals surface area (Å²) in [5.41, 5.74) is 0.195. The number of nitrogens with one attached hydrogen (secondary N) is 1. The Labute approximate surface area is 107 Å². The Balaban J connectivity index is 1.45. The molecule has 1 saturated heterocycles. The fourth-order valence-electron chi connectivity index (χ4n) is 3.26. The van der Waals surface area contributed by atoms with Gasteiger partial charge < -0.3 is 14.6 Å². The summed E-state index contributed by atoms with van der Waals surface area (Å²) in [6.45, 7) is 1.81. The highest BCUT2D eigenvalue weighted by atomic mass is 16.5. The van der Waals surface area contributed by atoms with Crippen molar-refractivity contribution in [2.24, 2.45) is 0 Å². The first-order chi connectivity index (χ1) is 8.86. The number of nitrogens with zero attached hydrogens (tertiary/aromatic N) is 2. The zero-order valence-corrected chi connectivity index (χ0v) is 10.7. The van der Waals surface area contributed by atoms with Crippen LogP contribution in [0.5, 0.6) is 0 Å². The minimum atomic E-state index is 0.195. The van der Waals surface area contributed by atoms with E-state index >= 15 is 0 Å². The molecule has 1 unspecified atom stereocenters. The van der Waals surface area contributed by atoms with E-state index in [1.807, 2.05) is 0 Å². The van der Waals surface area contributed by atoms with Crippen LogP contribution >= 0.6 is 0 Å². The van der Waals surface area contributed by atoms with Crippen molar-refractivity contribution in [1.82, 2.24) is 15.5 Å². The number of hydrogen-bond donors (Lipinski definition) is 1. The van der Waals surface area contributed by atoms with Crippen LogP contribution in [0.3, 0.4) is 0 Å². The first-order valence-corrected chi connectivity index (χ1v) is 6.99. The average Bonchev–Trinajstić information content (AvgIpc) is 3.02. The first-order valence-electron chi connectivity index (χ1n) is 6.99. The second kappa shape index (κ2) is 5.36. The van der Waals surface area contributed by atoms with Crippen molar-refractivity contribution in [3.8, 4) is 0 Å². The Hall–Kier alpha value is -0.940. The average molecular weight is 251 g/mol. The maximum Gasteiger partial charge on any atom is 0.227 e. The monoisotopic (exact) mass is 251 g/mol. The summed E-state index contributed by atoms with van der Waals surface area (Å²) in [6.07, 6.45) is 9.69. The fourth-order valence-corrected chi connectivity index (χ4v) is 3.26. The van der Waals surface area contributed by atoms with Gasteiger partial charge in [0.25, 0.3) is 0 Å². The van der Waals surface area contributed by atoms with Crippen LogP contribution in [0.1, 0.15) is 44.4 Å². The van der Waals surface area contributed by atoms with Crippen LogP contribution in [0.2, 0.25) is 0 Å². The van der Waals surface area contributed by atoms with Gasteiger partial charge in [0.2, 0.25) is 5.89 Å². The van der Waals surface area contributed by atoms with Gasteiger partial charge in [-0.1, -0.05) is 18.0 Å². The minimum Gasteiger partial charge on any atom is -0.375 e. The van der Waals surface area contributed by atoms with Gasteiger partial charge in [0.15, 0.2) is 6.33 Å². The van der Waals surface area contributed by atoms with Gasteiger partial charge in [-0.3, -0.25) is 0 Å². The Morgan fingerprint density at radius 1 is 1.39 bits per heavy atom. The Bertz CT molecular complexity index is 360. The molecule has 0 bridgehead atoms. The highest BCUT2D eigenvalue weighted by molar-refractivity contribution is 4.93. The van der Waals surface area contributed by atoms with Crippen molar-refractivity contribution in [1.29, 1.82) is 0 Å². The molecular formula is C13H21N3O2. The van der Waals surface area contributed by atoms with Gasteiger partial charge in [-0.05, 0) is 25.7 Å². The molecular weight excluding hydrogens is 230 g/mol. The lowest BCUT2D eigenvalue weighted by Gasteiger charge is -2.38. The van der Waals surface area contributed by atoms with Crippen molar-refractivity contribution in [3.05, 3.63) is 12.2 Å². The van der Waals surface area contributed by atoms with Crippen LogP contribution < -0.4 is 5.32 Å². The second-order valence-electron chi connectivity index (χ2n) is 5.47. The topological polar surface area (TPSA) is 60.2 Å². The highest BCUT2D eigenvalue weighted by Gasteiger charge is 2.39. The molecule has 2 aliphatic rings. The van der Waals surface area contributed by atoms with Crippen LogP contribution in [0.25, 0.3) is 0 Å². The van der Waals surface area contributed by atoms with Gasteiger partial charge in [0, 0.05) is 25.6 Å². The van der Waals surface area contributed by atoms with Crippen LogP contribution in [0, 0.1) is 0 Å². The maximum atomic E-state index is 6.03. The summed E-state index contributed by atoms with van der Waals surface area (Å²) in [5.74, 6) is 0.713. The third kappa shape index (κ3) is 2.72. The summed E-state index contributed by atoms with van der Waals surface area (Å²) < 4.78 is 11.0. The van der Waals surface area contributed by atoms with E-state index in [-0.39, 0.29) is 5.60 Å². The Morgan fingerprint density at radius 2 is 2.28 bits per heavy atom. The van der Waals surface area contributed by atoms with Crippen LogP contribution in [0.4, 0.5) is 0 Å². The van der Waals surface area contributed by atoms with Gasteiger partial charge in [-0.2, -0.15) is 4.98 Å². The summed E-state index contributed by atoms with van der Waals surface area (Å²) >= 11 is 0. The van der Waals surface area contributed by atoms with Crippen molar-refractivity contribution in [2.45, 2.75) is 56.6 Å². The van der Waals surface area contributed by atoms with E-state index < -0.39 is 0 Å². The fraction of sp³-hybridized carbons (Fsp3) is 0.846. The predicted molar refractivity (Wildman–Crippen MR) is 66.2 cm³/mol. The van der Waals surface area contributed by atoms with E-state index in [9.17, 15) is 0 Å². The Kier molecular flexibility index (Phi) is 3.61. The van der Waals surface area contributed by atoms with E-state index in [0.29, 0.717) is 11.9 Å². The summed E-state index contributed by atoms with van der Waals surface area (Å²) in [7, 11) is 0. The third-order valence-electron chi connectivity index (χ3n) is 4.19. The van der Waals surface area contributed by atoms with Gasteiger partial charge in [0.05, 0.1) is 5.60 Å². The normalized spacial score (nSPS) is 26.8. The molecule has 0 amide bonds. The molecule has 100 valence electrons. The van der Waals surface area contributed by atoms with Crippen LogP contribution in [0.15, 0.2) is 10.9 Å². The molecule has 3 rings (SSSR count). The molecule has 1 saturated carbocycles. The maximum absolute atomic E-state index is 6.03. The standard InChI is InChI=1S/C13H21N3O2/c1-2-6-13(5-1)9-11(4-8-17-13)14-7-3-12-15-10-16-18-12/h10-11,14H,1-9H2. The molecule has 1 aliphatic heterocycles. The molecule has 1 aliphatic carbocycles. The molecule has 0 radical (unpaired) electrons. The lowest BCUT2D eigenvalue weighted by molar-refractivity contribution is -0.0835. The van der Waals surface area contributed by atoms with Crippen LogP contribution in [-0.4, -0.2) is 34.9 Å². The summed E-state index contributed by atoms with van der Waals surface area (Å²) in [5, 5.41) is 7.21. The number of rotatable bonds is 4. The van der Waals surface area contributed by atoms with Gasteiger partial charge in [-0.25, -0.2) is 0 Å². The summed E-state index contributed by atoms with van der Waals surface area (Å²) in [4.78, 5) is 4.03. The third-order valence-corrected chi connectivity index (χ3v) is 4.19. The summed E-state index contributed by atoms with van der Waals surface area (Å²) in [6, 6.07) is 0.583. The number of aromatic nitrogens is 2. The van der Waals surface area contributed by atoms with E-state index in [2.05, 4.69) is 15.5 Å². The zero-order valence-electron chi connectivity index (χ0n) is 10.7. The second-order valence-corrected chi connectivity index (χ2v) is 5.47. The van der Waals surface area contributed by atoms with Crippen molar-refractivity contribution in [3.63, 3.8) is 0 Å². The molecule has 18 heavy (non-hydrogen) atoms. The molecule has 1 atom stereocenters. The van der Waals surface area contributed by atoms with E-state index in [4.69, 9.17) is 9.26 Å². The van der Waals surface area contributed by atoms with Crippen molar-refractivity contribution in [2.75, 3.05) is 13.2 Å². The van der Waals surface area contributed by atoms with Crippen LogP contribution in [-0.2, 0) is 11.2 Å². The molecule has 0 aromatic carbocycles. The zero-order chi connectivity index (χ0) is 12.3. The molecule has 1 aromatic rings. The SMILES string of the molecule is c1noc(CCNC2CCOC3(CCCC3)C2)n1. The lowest BCUT2D eigenvalue weighted by Crippen LogP contribution is -2.46. The number of ether oxygens (including phenoxy) is 1. The predicted octanol–water partition coefficient (Wildman–Crippen LogP) is 1.69. The van der Waals surface area contributed by atoms with Crippen molar-refractivity contribution >= 4 is 0 Å². The highest BCUT2D eigenvalue weighted by Crippen LogP contribution is 2.39. The van der Waals surface area contributed by atoms with Crippen molar-refractivity contribution < 1.29 is 9.26 Å². The molecule has 1 N–H and O–H groups in total. The van der Waals surface area contributed by atoms with E-state index in [1.165, 1.54) is 32.0 Å². The Morgan fingerprint density at radius 3 is 3.06 bits per heavy atom. The molecule has 2 heterocycles. The molecule has 5 nitrogen and oxygen atoms in total. The van der Waals surface area contributed by atoms with E-state index in [1.54, 1.807) is 0 Å². The van der Waals surface area contributed by atoms with E-state index in [0.717, 1.165) is 32.4 Å². The smallest absolute Gasteiger partial charge is 0.227 e. The number of hydrogen-bond acceptors (Lipinski definition) is 5. The van der Waals surface area contributed by atoms with Gasteiger partial charge >= 0.3 is 0 Å². The molecule has 1 spiro atoms.